The van der Waals surface area contributed by atoms with Gasteiger partial charge in [0, 0.05) is 23.9 Å². The van der Waals surface area contributed by atoms with Gasteiger partial charge in [0.05, 0.1) is 0 Å². The average molecular weight is 213 g/mol. The Morgan fingerprint density at radius 3 is 2.44 bits per heavy atom. The molecular weight excluding hydrogens is 198 g/mol. The van der Waals surface area contributed by atoms with Crippen molar-refractivity contribution >= 4 is 5.78 Å². The van der Waals surface area contributed by atoms with Crippen molar-refractivity contribution < 1.29 is 4.79 Å². The fraction of sp³-hybridized carbons (Fsp3) is 0.0714. The number of hydrogen-bond acceptors (Lipinski definition) is 2. The predicted octanol–water partition coefficient (Wildman–Crippen LogP) is 2.71. The van der Waals surface area contributed by atoms with Crippen LogP contribution in [0.15, 0.2) is 66.9 Å². The van der Waals surface area contributed by atoms with E-state index in [0.717, 1.165) is 0 Å². The van der Waals surface area contributed by atoms with Crippen LogP contribution in [0.3, 0.4) is 0 Å². The number of Topliss-reactive ketones (excluding diaryl/α,β-unsaturated/α-hetero) is 1. The van der Waals surface area contributed by atoms with Crippen LogP contribution in [0.25, 0.3) is 0 Å². The zero-order chi connectivity index (χ0) is 12.0. The summed E-state index contributed by atoms with van der Waals surface area (Å²) in [4.78, 5) is 12.1. The fourth-order valence-electron chi connectivity index (χ4n) is 1.31. The summed E-state index contributed by atoms with van der Waals surface area (Å²) in [6.07, 6.45) is 3.24. The Hall–Kier alpha value is -2.09. The lowest BCUT2D eigenvalue weighted by atomic mass is 10.0. The van der Waals surface area contributed by atoms with E-state index in [9.17, 15) is 4.79 Å². The minimum atomic E-state index is -0.0557. The Morgan fingerprint density at radius 2 is 1.94 bits per heavy atom. The number of rotatable bonds is 5. The van der Waals surface area contributed by atoms with Crippen molar-refractivity contribution in [3.8, 4) is 0 Å². The number of likely N-dealkylation sites (N-methyl/N-ethyl adjacent to an activating group) is 1. The highest BCUT2D eigenvalue weighted by Crippen LogP contribution is 2.13. The molecule has 0 amide bonds. The normalized spacial score (nSPS) is 10.7. The number of ketones is 1. The van der Waals surface area contributed by atoms with E-state index in [1.54, 1.807) is 31.3 Å². The molecule has 0 atom stereocenters. The first-order valence-corrected chi connectivity index (χ1v) is 5.00. The summed E-state index contributed by atoms with van der Waals surface area (Å²) in [5.41, 5.74) is 1.77. The molecule has 16 heavy (non-hydrogen) atoms. The zero-order valence-corrected chi connectivity index (χ0v) is 9.36. The molecule has 0 aliphatic heterocycles. The van der Waals surface area contributed by atoms with Crippen LogP contribution in [0.2, 0.25) is 0 Å². The Morgan fingerprint density at radius 1 is 1.31 bits per heavy atom. The fourth-order valence-corrected chi connectivity index (χ4v) is 1.31. The van der Waals surface area contributed by atoms with Crippen molar-refractivity contribution in [1.29, 1.82) is 0 Å². The summed E-state index contributed by atoms with van der Waals surface area (Å²) in [5.74, 6) is -0.0557. The second kappa shape index (κ2) is 5.71. The predicted molar refractivity (Wildman–Crippen MR) is 67.3 cm³/mol. The topological polar surface area (TPSA) is 29.1 Å². The summed E-state index contributed by atoms with van der Waals surface area (Å²) in [7, 11) is 1.73. The average Bonchev–Trinajstić information content (AvgIpc) is 2.35. The van der Waals surface area contributed by atoms with E-state index in [0.29, 0.717) is 16.8 Å². The standard InChI is InChI=1S/C14H15NO/c1-4-8-13(11(2)15-3)14(16)12-9-6-5-7-10-12/h4-10,15H,1-2H2,3H3/b13-8+. The van der Waals surface area contributed by atoms with Gasteiger partial charge in [-0.3, -0.25) is 4.79 Å². The van der Waals surface area contributed by atoms with Gasteiger partial charge in [0.25, 0.3) is 0 Å². The molecule has 0 radical (unpaired) electrons. The van der Waals surface area contributed by atoms with Gasteiger partial charge in [0.1, 0.15) is 0 Å². The monoisotopic (exact) mass is 213 g/mol. The van der Waals surface area contributed by atoms with Crippen molar-refractivity contribution in [2.75, 3.05) is 7.05 Å². The third kappa shape index (κ3) is 2.70. The van der Waals surface area contributed by atoms with Gasteiger partial charge in [-0.15, -0.1) is 0 Å². The number of hydrogen-bond donors (Lipinski definition) is 1. The molecule has 2 heteroatoms. The number of carbonyl (C=O) groups excluding carboxylic acids is 1. The molecule has 1 rings (SSSR count). The lowest BCUT2D eigenvalue weighted by Gasteiger charge is -2.08. The molecule has 1 N–H and O–H groups in total. The summed E-state index contributed by atoms with van der Waals surface area (Å²) in [6, 6.07) is 9.10. The van der Waals surface area contributed by atoms with Crippen molar-refractivity contribution in [2.45, 2.75) is 0 Å². The highest BCUT2D eigenvalue weighted by Gasteiger charge is 2.13. The van der Waals surface area contributed by atoms with Crippen molar-refractivity contribution in [3.63, 3.8) is 0 Å². The van der Waals surface area contributed by atoms with Crippen molar-refractivity contribution in [1.82, 2.24) is 5.32 Å². The Balaban J connectivity index is 3.07. The van der Waals surface area contributed by atoms with E-state index in [-0.39, 0.29) is 5.78 Å². The molecule has 0 aromatic heterocycles. The highest BCUT2D eigenvalue weighted by molar-refractivity contribution is 6.11. The van der Waals surface area contributed by atoms with Gasteiger partial charge in [-0.05, 0) is 6.08 Å². The minimum Gasteiger partial charge on any atom is -0.388 e. The molecule has 0 aliphatic rings. The van der Waals surface area contributed by atoms with Crippen LogP contribution in [0.4, 0.5) is 0 Å². The first kappa shape index (κ1) is 12.0. The van der Waals surface area contributed by atoms with Crippen LogP contribution in [0, 0.1) is 0 Å². The lowest BCUT2D eigenvalue weighted by Crippen LogP contribution is -2.14. The first-order valence-electron chi connectivity index (χ1n) is 5.00. The quantitative estimate of drug-likeness (QED) is 0.463. The molecule has 0 heterocycles. The van der Waals surface area contributed by atoms with Gasteiger partial charge in [-0.2, -0.15) is 0 Å². The van der Waals surface area contributed by atoms with Crippen LogP contribution >= 0.6 is 0 Å². The van der Waals surface area contributed by atoms with Crippen LogP contribution < -0.4 is 5.32 Å². The zero-order valence-electron chi connectivity index (χ0n) is 9.36. The molecule has 0 aliphatic carbocycles. The van der Waals surface area contributed by atoms with E-state index in [1.165, 1.54) is 0 Å². The molecule has 1 aromatic carbocycles. The van der Waals surface area contributed by atoms with E-state index in [2.05, 4.69) is 18.5 Å². The molecule has 2 nitrogen and oxygen atoms in total. The summed E-state index contributed by atoms with van der Waals surface area (Å²) in [6.45, 7) is 7.39. The first-order chi connectivity index (χ1) is 7.70. The van der Waals surface area contributed by atoms with E-state index in [4.69, 9.17) is 0 Å². The second-order valence-corrected chi connectivity index (χ2v) is 3.24. The maximum atomic E-state index is 12.1. The molecule has 0 spiro atoms. The van der Waals surface area contributed by atoms with Gasteiger partial charge in [-0.25, -0.2) is 0 Å². The summed E-state index contributed by atoms with van der Waals surface area (Å²) >= 11 is 0. The van der Waals surface area contributed by atoms with E-state index < -0.39 is 0 Å². The van der Waals surface area contributed by atoms with Crippen LogP contribution in [0.1, 0.15) is 10.4 Å². The molecule has 0 fully saturated rings. The maximum Gasteiger partial charge on any atom is 0.195 e. The second-order valence-electron chi connectivity index (χ2n) is 3.24. The summed E-state index contributed by atoms with van der Waals surface area (Å²) in [5, 5.41) is 2.87. The summed E-state index contributed by atoms with van der Waals surface area (Å²) < 4.78 is 0. The minimum absolute atomic E-state index is 0.0557. The number of carbonyl (C=O) groups is 1. The van der Waals surface area contributed by atoms with Crippen LogP contribution in [-0.4, -0.2) is 12.8 Å². The molecule has 1 aromatic rings. The Kier molecular flexibility index (Phi) is 4.28. The van der Waals surface area contributed by atoms with Crippen LogP contribution in [0.5, 0.6) is 0 Å². The van der Waals surface area contributed by atoms with Gasteiger partial charge in [-0.1, -0.05) is 49.6 Å². The third-order valence-corrected chi connectivity index (χ3v) is 2.19. The van der Waals surface area contributed by atoms with Crippen LogP contribution in [-0.2, 0) is 0 Å². The van der Waals surface area contributed by atoms with E-state index >= 15 is 0 Å². The number of nitrogens with one attached hydrogen (secondary N) is 1. The molecular formula is C14H15NO. The molecule has 0 saturated carbocycles. The maximum absolute atomic E-state index is 12.1. The number of allylic oxidation sites excluding steroid dienone is 3. The Labute approximate surface area is 96.0 Å². The molecule has 0 unspecified atom stereocenters. The van der Waals surface area contributed by atoms with Crippen molar-refractivity contribution in [2.24, 2.45) is 0 Å². The van der Waals surface area contributed by atoms with Gasteiger partial charge < -0.3 is 5.32 Å². The third-order valence-electron chi connectivity index (χ3n) is 2.19. The lowest BCUT2D eigenvalue weighted by molar-refractivity contribution is 0.103. The van der Waals surface area contributed by atoms with Gasteiger partial charge in [0.2, 0.25) is 0 Å². The highest BCUT2D eigenvalue weighted by atomic mass is 16.1. The SMILES string of the molecule is C=C/C=C(\C(=C)NC)C(=O)c1ccccc1. The van der Waals surface area contributed by atoms with Gasteiger partial charge in [0.15, 0.2) is 5.78 Å². The number of benzene rings is 1. The molecule has 82 valence electrons. The van der Waals surface area contributed by atoms with Crippen molar-refractivity contribution in [3.05, 3.63) is 72.5 Å². The van der Waals surface area contributed by atoms with Gasteiger partial charge >= 0.3 is 0 Å². The largest absolute Gasteiger partial charge is 0.388 e. The Bertz CT molecular complexity index is 429. The smallest absolute Gasteiger partial charge is 0.195 e. The molecule has 0 saturated heterocycles. The molecule has 0 bridgehead atoms. The van der Waals surface area contributed by atoms with E-state index in [1.807, 2.05) is 18.2 Å².